The minimum Gasteiger partial charge on any atom is -0.481 e. The number of imidazole rings is 3. The Morgan fingerprint density at radius 1 is 0.710 bits per heavy atom. The maximum Gasteiger partial charge on any atom is 0.336 e. The molecule has 3 aromatic heterocycles. The van der Waals surface area contributed by atoms with Gasteiger partial charge in [-0.15, -0.1) is 0 Å². The summed E-state index contributed by atoms with van der Waals surface area (Å²) in [5, 5.41) is 33.8. The molecule has 3 aromatic rings. The number of carboxylic acid groups (broad SMARTS) is 3. The Balaban J connectivity index is 0.000000416. The van der Waals surface area contributed by atoms with Gasteiger partial charge in [0.1, 0.15) is 0 Å². The van der Waals surface area contributed by atoms with E-state index in [0.717, 1.165) is 0 Å². The normalized spacial score (nSPS) is 9.68. The molecule has 13 heteroatoms. The van der Waals surface area contributed by atoms with Crippen molar-refractivity contribution < 1.29 is 34.8 Å². The zero-order valence-corrected chi connectivity index (χ0v) is 17.3. The van der Waals surface area contributed by atoms with Gasteiger partial charge in [0.25, 0.3) is 0 Å². The molecule has 13 nitrogen and oxygen atoms in total. The molecule has 0 aliphatic heterocycles. The monoisotopic (exact) mass is 438 g/mol. The van der Waals surface area contributed by atoms with Crippen LogP contribution < -0.4 is 0 Å². The summed E-state index contributed by atoms with van der Waals surface area (Å²) < 4.78 is 5.67. The standard InChI is InChI=1S/C6H8O7.3C4H6N2/c7-3(8)1-6(13,5(11)12)2-4(9)10;3*1-6-3-2-5-4-6/h13H,1-2H2,(H,7,8)(H,9,10)(H,11,12);3*2-4H,1H3. The van der Waals surface area contributed by atoms with Crippen LogP contribution in [-0.4, -0.2) is 72.6 Å². The number of aliphatic hydroxyl groups is 1. The van der Waals surface area contributed by atoms with Gasteiger partial charge in [-0.25, -0.2) is 19.7 Å². The molecule has 3 rings (SSSR count). The lowest BCUT2D eigenvalue weighted by Gasteiger charge is -2.18. The maximum absolute atomic E-state index is 10.3. The minimum absolute atomic E-state index is 1.14. The predicted octanol–water partition coefficient (Wildman–Crippen LogP) is 0.0118. The molecule has 0 saturated heterocycles. The molecule has 170 valence electrons. The first-order valence-electron chi connectivity index (χ1n) is 8.61. The number of carbonyl (C=O) groups is 3. The fourth-order valence-corrected chi connectivity index (χ4v) is 1.69. The molecule has 0 aliphatic rings. The zero-order chi connectivity index (χ0) is 23.9. The van der Waals surface area contributed by atoms with Crippen LogP contribution >= 0.6 is 0 Å². The number of carboxylic acids is 3. The van der Waals surface area contributed by atoms with Gasteiger partial charge in [0.15, 0.2) is 5.60 Å². The Labute approximate surface area is 177 Å². The fourth-order valence-electron chi connectivity index (χ4n) is 1.69. The zero-order valence-electron chi connectivity index (χ0n) is 17.3. The summed E-state index contributed by atoms with van der Waals surface area (Å²) in [7, 11) is 5.81. The van der Waals surface area contributed by atoms with Gasteiger partial charge in [-0.05, 0) is 0 Å². The topological polar surface area (TPSA) is 186 Å². The van der Waals surface area contributed by atoms with E-state index in [0.29, 0.717) is 0 Å². The van der Waals surface area contributed by atoms with E-state index in [1.165, 1.54) is 0 Å². The SMILES string of the molecule is Cn1ccnc1.Cn1ccnc1.Cn1ccnc1.O=C(O)CC(O)(CC(=O)O)C(=O)O. The van der Waals surface area contributed by atoms with Crippen molar-refractivity contribution >= 4 is 17.9 Å². The molecule has 31 heavy (non-hydrogen) atoms. The Hall–Kier alpha value is -4.00. The molecule has 0 spiro atoms. The summed E-state index contributed by atoms with van der Waals surface area (Å²) in [6, 6.07) is 0. The molecule has 3 heterocycles. The maximum atomic E-state index is 10.3. The highest BCUT2D eigenvalue weighted by Gasteiger charge is 2.40. The molecule has 0 bridgehead atoms. The molecule has 0 saturated carbocycles. The average molecular weight is 438 g/mol. The first kappa shape index (κ1) is 27.0. The third-order valence-corrected chi connectivity index (χ3v) is 3.20. The first-order chi connectivity index (χ1) is 14.5. The van der Waals surface area contributed by atoms with Crippen molar-refractivity contribution in [3.8, 4) is 0 Å². The number of hydrogen-bond donors (Lipinski definition) is 4. The number of hydrogen-bond acceptors (Lipinski definition) is 7. The summed E-state index contributed by atoms with van der Waals surface area (Å²) in [5.74, 6) is -5.02. The molecule has 0 aromatic carbocycles. The number of nitrogens with zero attached hydrogens (tertiary/aromatic N) is 6. The van der Waals surface area contributed by atoms with Crippen molar-refractivity contribution in [1.82, 2.24) is 28.7 Å². The van der Waals surface area contributed by atoms with Gasteiger partial charge in [0, 0.05) is 58.3 Å². The van der Waals surface area contributed by atoms with Crippen LogP contribution in [0.1, 0.15) is 12.8 Å². The highest BCUT2D eigenvalue weighted by atomic mass is 16.4. The number of aromatic nitrogens is 6. The van der Waals surface area contributed by atoms with Crippen molar-refractivity contribution in [3.05, 3.63) is 56.2 Å². The van der Waals surface area contributed by atoms with Crippen LogP contribution in [-0.2, 0) is 35.5 Å². The highest BCUT2D eigenvalue weighted by molar-refractivity contribution is 5.88. The van der Waals surface area contributed by atoms with Crippen LogP contribution in [0.3, 0.4) is 0 Å². The van der Waals surface area contributed by atoms with Gasteiger partial charge in [0.2, 0.25) is 0 Å². The van der Waals surface area contributed by atoms with E-state index in [2.05, 4.69) is 15.0 Å². The lowest BCUT2D eigenvalue weighted by molar-refractivity contribution is -0.170. The smallest absolute Gasteiger partial charge is 0.336 e. The number of aliphatic carboxylic acids is 3. The van der Waals surface area contributed by atoms with Crippen molar-refractivity contribution in [2.75, 3.05) is 0 Å². The lowest BCUT2D eigenvalue weighted by Crippen LogP contribution is -2.42. The molecule has 4 N–H and O–H groups in total. The number of rotatable bonds is 5. The summed E-state index contributed by atoms with van der Waals surface area (Å²) in [6.45, 7) is 0. The van der Waals surface area contributed by atoms with E-state index in [4.69, 9.17) is 20.4 Å². The Morgan fingerprint density at radius 3 is 1.10 bits per heavy atom. The Bertz CT molecular complexity index is 784. The van der Waals surface area contributed by atoms with E-state index >= 15 is 0 Å². The van der Waals surface area contributed by atoms with Crippen LogP contribution in [0.15, 0.2) is 56.2 Å². The van der Waals surface area contributed by atoms with Crippen LogP contribution in [0.5, 0.6) is 0 Å². The van der Waals surface area contributed by atoms with Gasteiger partial charge in [-0.1, -0.05) is 0 Å². The van der Waals surface area contributed by atoms with Crippen molar-refractivity contribution in [3.63, 3.8) is 0 Å². The van der Waals surface area contributed by atoms with Gasteiger partial charge in [-0.2, -0.15) is 0 Å². The molecular formula is C18H26N6O7. The Morgan fingerprint density at radius 2 is 1.00 bits per heavy atom. The van der Waals surface area contributed by atoms with Crippen LogP contribution in [0.25, 0.3) is 0 Å². The van der Waals surface area contributed by atoms with E-state index in [-0.39, 0.29) is 0 Å². The molecule has 0 unspecified atom stereocenters. The second kappa shape index (κ2) is 14.1. The second-order valence-electron chi connectivity index (χ2n) is 6.16. The first-order valence-corrected chi connectivity index (χ1v) is 8.61. The second-order valence-corrected chi connectivity index (χ2v) is 6.16. The quantitative estimate of drug-likeness (QED) is 0.423. The molecule has 0 amide bonds. The fraction of sp³-hybridized carbons (Fsp3) is 0.333. The Kier molecular flexibility index (Phi) is 12.2. The van der Waals surface area contributed by atoms with Crippen LogP contribution in [0.2, 0.25) is 0 Å². The summed E-state index contributed by atoms with van der Waals surface area (Å²) in [4.78, 5) is 41.8. The van der Waals surface area contributed by atoms with E-state index in [1.807, 2.05) is 53.4 Å². The lowest BCUT2D eigenvalue weighted by atomic mass is 9.96. The van der Waals surface area contributed by atoms with Crippen molar-refractivity contribution in [2.24, 2.45) is 21.1 Å². The minimum atomic E-state index is -2.74. The van der Waals surface area contributed by atoms with Gasteiger partial charge < -0.3 is 34.1 Å². The van der Waals surface area contributed by atoms with Crippen molar-refractivity contribution in [2.45, 2.75) is 18.4 Å². The molecule has 0 atom stereocenters. The third kappa shape index (κ3) is 13.8. The van der Waals surface area contributed by atoms with Gasteiger partial charge in [-0.3, -0.25) is 9.59 Å². The summed E-state index contributed by atoms with van der Waals surface area (Å²) in [6.07, 6.45) is 13.9. The van der Waals surface area contributed by atoms with Crippen LogP contribution in [0, 0.1) is 0 Å². The van der Waals surface area contributed by atoms with E-state index < -0.39 is 36.4 Å². The number of aryl methyl sites for hydroxylation is 3. The predicted molar refractivity (Wildman–Crippen MR) is 107 cm³/mol. The third-order valence-electron chi connectivity index (χ3n) is 3.20. The highest BCUT2D eigenvalue weighted by Crippen LogP contribution is 2.15. The van der Waals surface area contributed by atoms with E-state index in [1.54, 1.807) is 37.6 Å². The molecule has 0 aliphatic carbocycles. The summed E-state index contributed by atoms with van der Waals surface area (Å²) in [5.41, 5.74) is -2.74. The largest absolute Gasteiger partial charge is 0.481 e. The summed E-state index contributed by atoms with van der Waals surface area (Å²) >= 11 is 0. The van der Waals surface area contributed by atoms with Crippen molar-refractivity contribution in [1.29, 1.82) is 0 Å². The van der Waals surface area contributed by atoms with Crippen LogP contribution in [0.4, 0.5) is 0 Å². The van der Waals surface area contributed by atoms with Gasteiger partial charge >= 0.3 is 17.9 Å². The van der Waals surface area contributed by atoms with E-state index in [9.17, 15) is 14.4 Å². The molecule has 0 radical (unpaired) electrons. The molecule has 0 fully saturated rings. The molecular weight excluding hydrogens is 412 g/mol. The average Bonchev–Trinajstić information content (AvgIpc) is 3.40. The van der Waals surface area contributed by atoms with Gasteiger partial charge in [0.05, 0.1) is 31.8 Å².